The van der Waals surface area contributed by atoms with Crippen LogP contribution in [0.2, 0.25) is 0 Å². The summed E-state index contributed by atoms with van der Waals surface area (Å²) in [6.45, 7) is 1.54. The first-order valence-electron chi connectivity index (χ1n) is 4.68. The number of pyridine rings is 1. The van der Waals surface area contributed by atoms with Crippen molar-refractivity contribution in [2.45, 2.75) is 13.3 Å². The molecule has 0 aliphatic carbocycles. The van der Waals surface area contributed by atoms with Crippen LogP contribution in [0, 0.1) is 13.7 Å². The molecule has 0 unspecified atom stereocenters. The quantitative estimate of drug-likeness (QED) is 0.351. The molecule has 0 saturated heterocycles. The lowest BCUT2D eigenvalue weighted by atomic mass is 10.2. The summed E-state index contributed by atoms with van der Waals surface area (Å²) in [6.07, 6.45) is -3.01. The number of aromatic nitrogens is 1. The van der Waals surface area contributed by atoms with Gasteiger partial charge in [0.2, 0.25) is 0 Å². The summed E-state index contributed by atoms with van der Waals surface area (Å²) in [6, 6.07) is 0.825. The maximum absolute atomic E-state index is 12.7. The monoisotopic (exact) mass is 372 g/mol. The molecule has 1 rings (SSSR count). The van der Waals surface area contributed by atoms with Gasteiger partial charge >= 0.3 is 5.97 Å². The van der Waals surface area contributed by atoms with Crippen LogP contribution >= 0.6 is 22.6 Å². The Morgan fingerprint density at radius 3 is 2.72 bits per heavy atom. The van der Waals surface area contributed by atoms with Crippen LogP contribution in [-0.2, 0) is 4.74 Å². The Balaban J connectivity index is 3.38. The van der Waals surface area contributed by atoms with Gasteiger partial charge in [-0.15, -0.1) is 0 Å². The molecule has 1 aromatic rings. The van der Waals surface area contributed by atoms with Crippen molar-refractivity contribution < 1.29 is 23.2 Å². The van der Waals surface area contributed by atoms with Crippen molar-refractivity contribution in [3.8, 4) is 0 Å². The van der Waals surface area contributed by atoms with Crippen molar-refractivity contribution in [1.82, 2.24) is 4.98 Å². The smallest absolute Gasteiger partial charge is 0.357 e. The first-order valence-corrected chi connectivity index (χ1v) is 5.76. The number of ether oxygens (including phenoxy) is 1. The molecule has 0 fully saturated rings. The van der Waals surface area contributed by atoms with Crippen LogP contribution in [0.4, 0.5) is 14.5 Å². The lowest BCUT2D eigenvalue weighted by Gasteiger charge is -2.06. The molecule has 0 N–H and O–H groups in total. The minimum Gasteiger partial charge on any atom is -0.461 e. The van der Waals surface area contributed by atoms with Gasteiger partial charge in [0.25, 0.3) is 12.1 Å². The summed E-state index contributed by atoms with van der Waals surface area (Å²) in [5.41, 5.74) is -1.89. The summed E-state index contributed by atoms with van der Waals surface area (Å²) in [5.74, 6) is -0.973. The zero-order valence-electron chi connectivity index (χ0n) is 9.02. The van der Waals surface area contributed by atoms with Gasteiger partial charge in [-0.05, 0) is 29.5 Å². The normalized spacial score (nSPS) is 10.5. The molecule has 98 valence electrons. The minimum absolute atomic E-state index is 0.0182. The highest BCUT2D eigenvalue weighted by molar-refractivity contribution is 14.1. The molecule has 1 aromatic heterocycles. The Kier molecular flexibility index (Phi) is 4.87. The van der Waals surface area contributed by atoms with E-state index in [1.165, 1.54) is 29.5 Å². The highest BCUT2D eigenvalue weighted by Gasteiger charge is 2.26. The van der Waals surface area contributed by atoms with E-state index in [2.05, 4.69) is 9.72 Å². The minimum atomic E-state index is -3.01. The van der Waals surface area contributed by atoms with Crippen molar-refractivity contribution >= 4 is 34.2 Å². The molecule has 0 aliphatic heterocycles. The SMILES string of the molecule is CCOC(=O)c1cc([N+](=O)[O-])c(I)c(C(F)F)n1. The molecular weight excluding hydrogens is 365 g/mol. The number of rotatable bonds is 4. The van der Waals surface area contributed by atoms with E-state index in [4.69, 9.17) is 0 Å². The first kappa shape index (κ1) is 14.7. The average molecular weight is 372 g/mol. The van der Waals surface area contributed by atoms with Crippen molar-refractivity contribution in [3.05, 3.63) is 31.1 Å². The molecule has 0 aromatic carbocycles. The molecule has 1 heterocycles. The Morgan fingerprint density at radius 1 is 1.67 bits per heavy atom. The zero-order chi connectivity index (χ0) is 13.9. The Morgan fingerprint density at radius 2 is 2.28 bits per heavy atom. The lowest BCUT2D eigenvalue weighted by Crippen LogP contribution is -2.11. The number of carbonyl (C=O) groups is 1. The Bertz CT molecular complexity index is 496. The summed E-state index contributed by atoms with van der Waals surface area (Å²) >= 11 is 1.40. The molecule has 18 heavy (non-hydrogen) atoms. The van der Waals surface area contributed by atoms with Gasteiger partial charge in [-0.1, -0.05) is 0 Å². The van der Waals surface area contributed by atoms with E-state index >= 15 is 0 Å². The van der Waals surface area contributed by atoms with E-state index in [-0.39, 0.29) is 10.2 Å². The van der Waals surface area contributed by atoms with E-state index in [1.54, 1.807) is 0 Å². The highest BCUT2D eigenvalue weighted by atomic mass is 127. The van der Waals surface area contributed by atoms with Gasteiger partial charge in [0.15, 0.2) is 5.69 Å². The number of hydrogen-bond acceptors (Lipinski definition) is 5. The first-order chi connectivity index (χ1) is 8.38. The summed E-state index contributed by atoms with van der Waals surface area (Å²) < 4.78 is 29.6. The van der Waals surface area contributed by atoms with E-state index in [0.29, 0.717) is 0 Å². The third-order valence-corrected chi connectivity index (χ3v) is 2.96. The number of halogens is 3. The molecule has 6 nitrogen and oxygen atoms in total. The maximum Gasteiger partial charge on any atom is 0.357 e. The van der Waals surface area contributed by atoms with Crippen molar-refractivity contribution in [2.24, 2.45) is 0 Å². The lowest BCUT2D eigenvalue weighted by molar-refractivity contribution is -0.386. The zero-order valence-corrected chi connectivity index (χ0v) is 11.2. The van der Waals surface area contributed by atoms with Gasteiger partial charge in [0.05, 0.1) is 17.6 Å². The van der Waals surface area contributed by atoms with Crippen LogP contribution in [0.1, 0.15) is 29.5 Å². The number of hydrogen-bond donors (Lipinski definition) is 0. The van der Waals surface area contributed by atoms with Gasteiger partial charge in [-0.2, -0.15) is 0 Å². The molecule has 0 radical (unpaired) electrons. The Hall–Kier alpha value is -1.39. The predicted molar refractivity (Wildman–Crippen MR) is 64.5 cm³/mol. The second-order valence-electron chi connectivity index (χ2n) is 3.00. The van der Waals surface area contributed by atoms with Gasteiger partial charge < -0.3 is 4.74 Å². The molecule has 0 amide bonds. The van der Waals surface area contributed by atoms with Crippen LogP contribution in [0.25, 0.3) is 0 Å². The standard InChI is InChI=1S/C9H7F2IN2O4/c1-2-18-9(15)4-3-5(14(16)17)6(12)7(13-4)8(10)11/h3,8H,2H2,1H3. The van der Waals surface area contributed by atoms with Crippen molar-refractivity contribution in [1.29, 1.82) is 0 Å². The third kappa shape index (κ3) is 3.09. The summed E-state index contributed by atoms with van der Waals surface area (Å²) in [4.78, 5) is 24.6. The Labute approximate surface area is 114 Å². The molecule has 0 saturated carbocycles. The highest BCUT2D eigenvalue weighted by Crippen LogP contribution is 2.30. The fourth-order valence-electron chi connectivity index (χ4n) is 1.12. The van der Waals surface area contributed by atoms with Crippen LogP contribution in [0.15, 0.2) is 6.07 Å². The van der Waals surface area contributed by atoms with Crippen LogP contribution in [0.5, 0.6) is 0 Å². The second-order valence-corrected chi connectivity index (χ2v) is 4.08. The van der Waals surface area contributed by atoms with Crippen LogP contribution < -0.4 is 0 Å². The van der Waals surface area contributed by atoms with Crippen LogP contribution in [0.3, 0.4) is 0 Å². The van der Waals surface area contributed by atoms with Crippen molar-refractivity contribution in [3.63, 3.8) is 0 Å². The van der Waals surface area contributed by atoms with E-state index < -0.39 is 34.4 Å². The molecule has 9 heteroatoms. The molecule has 0 spiro atoms. The second kappa shape index (κ2) is 5.98. The fourth-order valence-corrected chi connectivity index (χ4v) is 1.83. The average Bonchev–Trinajstić information content (AvgIpc) is 2.28. The van der Waals surface area contributed by atoms with Gasteiger partial charge in [-0.25, -0.2) is 18.6 Å². The van der Waals surface area contributed by atoms with E-state index in [9.17, 15) is 23.7 Å². The van der Waals surface area contributed by atoms with Gasteiger partial charge in [0.1, 0.15) is 9.26 Å². The van der Waals surface area contributed by atoms with Crippen LogP contribution in [-0.4, -0.2) is 22.5 Å². The number of carbonyl (C=O) groups excluding carboxylic acids is 1. The molecule has 0 aliphatic rings. The predicted octanol–water partition coefficient (Wildman–Crippen LogP) is 2.71. The number of esters is 1. The van der Waals surface area contributed by atoms with E-state index in [1.807, 2.05) is 0 Å². The van der Waals surface area contributed by atoms with Gasteiger partial charge in [-0.3, -0.25) is 10.1 Å². The number of nitrogens with zero attached hydrogens (tertiary/aromatic N) is 2. The summed E-state index contributed by atoms with van der Waals surface area (Å²) in [5, 5.41) is 10.7. The molecular formula is C9H7F2IN2O4. The fraction of sp³-hybridized carbons (Fsp3) is 0.333. The van der Waals surface area contributed by atoms with Gasteiger partial charge in [0, 0.05) is 0 Å². The molecule has 0 bridgehead atoms. The topological polar surface area (TPSA) is 82.3 Å². The molecule has 0 atom stereocenters. The summed E-state index contributed by atoms with van der Waals surface area (Å²) in [7, 11) is 0. The van der Waals surface area contributed by atoms with Crippen molar-refractivity contribution in [2.75, 3.05) is 6.61 Å². The third-order valence-electron chi connectivity index (χ3n) is 1.85. The number of nitro groups is 1. The maximum atomic E-state index is 12.7. The van der Waals surface area contributed by atoms with E-state index in [0.717, 1.165) is 6.07 Å². The number of alkyl halides is 2. The largest absolute Gasteiger partial charge is 0.461 e.